The molecule has 1 unspecified atom stereocenters. The average molecular weight is 368 g/mol. The van der Waals surface area contributed by atoms with Gasteiger partial charge in [-0.15, -0.1) is 0 Å². The second kappa shape index (κ2) is 8.65. The van der Waals surface area contributed by atoms with Crippen molar-refractivity contribution in [3.63, 3.8) is 0 Å². The Morgan fingerprint density at radius 3 is 3.00 bits per heavy atom. The first kappa shape index (κ1) is 18.2. The number of carbonyl (C=O) groups excluding carboxylic acids is 1. The second-order valence-corrected chi connectivity index (χ2v) is 7.56. The molecule has 0 saturated carbocycles. The van der Waals surface area contributed by atoms with E-state index in [1.165, 1.54) is 24.1 Å². The van der Waals surface area contributed by atoms with E-state index in [1.54, 1.807) is 6.20 Å². The van der Waals surface area contributed by atoms with Gasteiger partial charge in [0.1, 0.15) is 0 Å². The third kappa shape index (κ3) is 4.56. The van der Waals surface area contributed by atoms with Gasteiger partial charge in [-0.1, -0.05) is 6.07 Å². The van der Waals surface area contributed by atoms with E-state index in [0.29, 0.717) is 25.9 Å². The number of hydrogen-bond donors (Lipinski definition) is 1. The molecule has 1 aliphatic carbocycles. The number of amides is 1. The number of H-pyrrole nitrogens is 1. The van der Waals surface area contributed by atoms with Crippen LogP contribution in [-0.4, -0.2) is 45.2 Å². The number of aromatic amines is 1. The van der Waals surface area contributed by atoms with Gasteiger partial charge in [0.2, 0.25) is 5.91 Å². The number of nitrogens with zero attached hydrogens (tertiary/aromatic N) is 3. The minimum Gasteiger partial charge on any atom is -0.376 e. The maximum Gasteiger partial charge on any atom is 0.223 e. The lowest BCUT2D eigenvalue weighted by molar-refractivity contribution is -0.133. The number of aryl methyl sites for hydroxylation is 2. The van der Waals surface area contributed by atoms with Crippen LogP contribution in [0, 0.1) is 0 Å². The Hall–Kier alpha value is -2.21. The van der Waals surface area contributed by atoms with Crippen molar-refractivity contribution < 1.29 is 9.53 Å². The van der Waals surface area contributed by atoms with E-state index in [9.17, 15) is 4.79 Å². The van der Waals surface area contributed by atoms with Crippen LogP contribution in [0.3, 0.4) is 0 Å². The topological polar surface area (TPSA) is 71.1 Å². The molecule has 1 amide bonds. The molecule has 6 heteroatoms. The van der Waals surface area contributed by atoms with E-state index in [0.717, 1.165) is 43.7 Å². The number of nitrogens with one attached hydrogen (secondary N) is 1. The van der Waals surface area contributed by atoms with Gasteiger partial charge in [-0.2, -0.15) is 5.10 Å². The highest BCUT2D eigenvalue weighted by atomic mass is 16.5. The molecule has 3 heterocycles. The van der Waals surface area contributed by atoms with E-state index >= 15 is 0 Å². The quantitative estimate of drug-likeness (QED) is 0.816. The highest BCUT2D eigenvalue weighted by molar-refractivity contribution is 5.76. The van der Waals surface area contributed by atoms with Gasteiger partial charge in [0.05, 0.1) is 24.0 Å². The van der Waals surface area contributed by atoms with Crippen molar-refractivity contribution in [3.05, 3.63) is 47.0 Å². The number of fused-ring (bicyclic) bond motifs is 1. The van der Waals surface area contributed by atoms with Crippen molar-refractivity contribution in [2.24, 2.45) is 0 Å². The van der Waals surface area contributed by atoms with Gasteiger partial charge < -0.3 is 9.64 Å². The van der Waals surface area contributed by atoms with Crippen molar-refractivity contribution in [2.45, 2.75) is 64.0 Å². The van der Waals surface area contributed by atoms with Crippen molar-refractivity contribution >= 4 is 5.91 Å². The molecule has 0 radical (unpaired) electrons. The summed E-state index contributed by atoms with van der Waals surface area (Å²) in [6, 6.07) is 5.84. The number of carbonyl (C=O) groups is 1. The summed E-state index contributed by atoms with van der Waals surface area (Å²) >= 11 is 0. The van der Waals surface area contributed by atoms with Crippen molar-refractivity contribution in [1.82, 2.24) is 20.1 Å². The molecule has 2 aromatic rings. The van der Waals surface area contributed by atoms with Crippen LogP contribution < -0.4 is 0 Å². The molecule has 2 aliphatic rings. The van der Waals surface area contributed by atoms with Gasteiger partial charge in [-0.05, 0) is 56.2 Å². The van der Waals surface area contributed by atoms with Gasteiger partial charge in [0, 0.05) is 37.9 Å². The summed E-state index contributed by atoms with van der Waals surface area (Å²) in [6.45, 7) is 1.99. The molecule has 0 bridgehead atoms. The molecule has 1 saturated heterocycles. The van der Waals surface area contributed by atoms with Crippen LogP contribution in [0.5, 0.6) is 0 Å². The zero-order valence-electron chi connectivity index (χ0n) is 15.8. The minimum atomic E-state index is 0.149. The number of pyridine rings is 1. The summed E-state index contributed by atoms with van der Waals surface area (Å²) in [5.41, 5.74) is 4.62. The predicted octanol–water partition coefficient (Wildman–Crippen LogP) is 2.82. The summed E-state index contributed by atoms with van der Waals surface area (Å²) in [4.78, 5) is 19.3. The Balaban J connectivity index is 1.40. The van der Waals surface area contributed by atoms with E-state index in [2.05, 4.69) is 15.2 Å². The first-order chi connectivity index (χ1) is 13.3. The van der Waals surface area contributed by atoms with Gasteiger partial charge in [0.25, 0.3) is 0 Å². The van der Waals surface area contributed by atoms with Crippen LogP contribution in [-0.2, 0) is 35.3 Å². The lowest BCUT2D eigenvalue weighted by Gasteiger charge is -2.25. The molecular formula is C21H28N4O2. The number of hydrogen-bond acceptors (Lipinski definition) is 4. The zero-order valence-corrected chi connectivity index (χ0v) is 15.8. The zero-order chi connectivity index (χ0) is 18.5. The maximum atomic E-state index is 13.0. The smallest absolute Gasteiger partial charge is 0.223 e. The summed E-state index contributed by atoms with van der Waals surface area (Å²) < 4.78 is 5.76. The summed E-state index contributed by atoms with van der Waals surface area (Å²) in [5, 5.41) is 7.66. The Morgan fingerprint density at radius 1 is 1.26 bits per heavy atom. The predicted molar refractivity (Wildman–Crippen MR) is 102 cm³/mol. The number of rotatable bonds is 7. The van der Waals surface area contributed by atoms with E-state index < -0.39 is 0 Å². The standard InChI is InChI=1S/C21H28N4O2/c26-21(11-10-20-18-8-1-2-9-19(18)23-24-20)25(15-17-7-5-13-27-17)14-16-6-3-4-12-22-16/h3-4,6,12,17H,1-2,5,7-11,13-15H2,(H,23,24). The van der Waals surface area contributed by atoms with Crippen molar-refractivity contribution in [3.8, 4) is 0 Å². The molecule has 1 atom stereocenters. The minimum absolute atomic E-state index is 0.149. The van der Waals surface area contributed by atoms with Crippen LogP contribution in [0.15, 0.2) is 24.4 Å². The van der Waals surface area contributed by atoms with Crippen LogP contribution in [0.25, 0.3) is 0 Å². The first-order valence-electron chi connectivity index (χ1n) is 10.1. The fourth-order valence-electron chi connectivity index (χ4n) is 4.12. The Kier molecular flexibility index (Phi) is 5.82. The Bertz CT molecular complexity index is 753. The number of ether oxygens (including phenoxy) is 1. The normalized spacial score (nSPS) is 19.0. The van der Waals surface area contributed by atoms with Crippen molar-refractivity contribution in [2.75, 3.05) is 13.2 Å². The molecule has 27 heavy (non-hydrogen) atoms. The number of aromatic nitrogens is 3. The third-order valence-electron chi connectivity index (χ3n) is 5.60. The molecule has 144 valence electrons. The van der Waals surface area contributed by atoms with E-state index in [1.807, 2.05) is 23.1 Å². The SMILES string of the molecule is O=C(CCc1n[nH]c2c1CCCC2)N(Cc1ccccn1)CC1CCCO1. The maximum absolute atomic E-state index is 13.0. The van der Waals surface area contributed by atoms with Crippen LogP contribution in [0.4, 0.5) is 0 Å². The lowest BCUT2D eigenvalue weighted by atomic mass is 9.94. The molecule has 1 aliphatic heterocycles. The highest BCUT2D eigenvalue weighted by Crippen LogP contribution is 2.23. The fourth-order valence-corrected chi connectivity index (χ4v) is 4.12. The molecule has 4 rings (SSSR count). The van der Waals surface area contributed by atoms with Crippen LogP contribution in [0.1, 0.15) is 54.7 Å². The largest absolute Gasteiger partial charge is 0.376 e. The van der Waals surface area contributed by atoms with E-state index in [4.69, 9.17) is 4.74 Å². The van der Waals surface area contributed by atoms with Gasteiger partial charge in [0.15, 0.2) is 0 Å². The lowest BCUT2D eigenvalue weighted by Crippen LogP contribution is -2.37. The second-order valence-electron chi connectivity index (χ2n) is 7.56. The monoisotopic (exact) mass is 368 g/mol. The average Bonchev–Trinajstić information content (AvgIpc) is 3.36. The van der Waals surface area contributed by atoms with Gasteiger partial charge >= 0.3 is 0 Å². The molecule has 0 spiro atoms. The van der Waals surface area contributed by atoms with Crippen molar-refractivity contribution in [1.29, 1.82) is 0 Å². The molecular weight excluding hydrogens is 340 g/mol. The molecule has 6 nitrogen and oxygen atoms in total. The first-order valence-corrected chi connectivity index (χ1v) is 10.1. The molecule has 0 aromatic carbocycles. The Morgan fingerprint density at radius 2 is 2.19 bits per heavy atom. The summed E-state index contributed by atoms with van der Waals surface area (Å²) in [5.74, 6) is 0.156. The molecule has 1 N–H and O–H groups in total. The van der Waals surface area contributed by atoms with Crippen LogP contribution in [0.2, 0.25) is 0 Å². The summed E-state index contributed by atoms with van der Waals surface area (Å²) in [6.07, 6.45) is 9.84. The fraction of sp³-hybridized carbons (Fsp3) is 0.571. The molecule has 1 fully saturated rings. The molecule has 2 aromatic heterocycles. The van der Waals surface area contributed by atoms with Crippen LogP contribution >= 0.6 is 0 Å². The summed E-state index contributed by atoms with van der Waals surface area (Å²) in [7, 11) is 0. The highest BCUT2D eigenvalue weighted by Gasteiger charge is 2.24. The van der Waals surface area contributed by atoms with E-state index in [-0.39, 0.29) is 12.0 Å². The van der Waals surface area contributed by atoms with Gasteiger partial charge in [-0.25, -0.2) is 0 Å². The Labute approximate surface area is 160 Å². The third-order valence-corrected chi connectivity index (χ3v) is 5.60. The van der Waals surface area contributed by atoms with Gasteiger partial charge in [-0.3, -0.25) is 14.9 Å².